The zero-order valence-electron chi connectivity index (χ0n) is 10.7. The molecule has 5 nitrogen and oxygen atoms in total. The second kappa shape index (κ2) is 5.35. The van der Waals surface area contributed by atoms with Crippen molar-refractivity contribution in [3.63, 3.8) is 0 Å². The molecule has 1 unspecified atom stereocenters. The molecule has 0 aromatic carbocycles. The van der Waals surface area contributed by atoms with Crippen molar-refractivity contribution in [2.75, 3.05) is 24.7 Å². The third-order valence-corrected chi connectivity index (χ3v) is 3.27. The Labute approximate surface area is 106 Å². The van der Waals surface area contributed by atoms with E-state index < -0.39 is 5.97 Å². The minimum absolute atomic E-state index is 0.234. The summed E-state index contributed by atoms with van der Waals surface area (Å²) in [5, 5.41) is 8.94. The van der Waals surface area contributed by atoms with Gasteiger partial charge in [-0.3, -0.25) is 0 Å². The fraction of sp³-hybridized carbons (Fsp3) is 0.538. The fourth-order valence-corrected chi connectivity index (χ4v) is 2.26. The third-order valence-electron chi connectivity index (χ3n) is 3.27. The van der Waals surface area contributed by atoms with Crippen LogP contribution in [0, 0.1) is 6.92 Å². The van der Waals surface area contributed by atoms with Crippen molar-refractivity contribution in [2.45, 2.75) is 26.3 Å². The predicted molar refractivity (Wildman–Crippen MR) is 68.2 cm³/mol. The molecule has 0 amide bonds. The maximum Gasteiger partial charge on any atom is 0.337 e. The van der Waals surface area contributed by atoms with Gasteiger partial charge in [0.15, 0.2) is 0 Å². The molecule has 1 aliphatic rings. The Bertz CT molecular complexity index is 448. The van der Waals surface area contributed by atoms with E-state index in [1.165, 1.54) is 6.20 Å². The molecule has 1 saturated heterocycles. The van der Waals surface area contributed by atoms with Crippen molar-refractivity contribution in [1.82, 2.24) is 4.98 Å². The van der Waals surface area contributed by atoms with Crippen molar-refractivity contribution in [3.8, 4) is 0 Å². The summed E-state index contributed by atoms with van der Waals surface area (Å²) in [7, 11) is 0. The van der Waals surface area contributed by atoms with Gasteiger partial charge in [0.2, 0.25) is 0 Å². The van der Waals surface area contributed by atoms with Crippen LogP contribution in [0.25, 0.3) is 0 Å². The van der Waals surface area contributed by atoms with E-state index in [9.17, 15) is 4.79 Å². The third kappa shape index (κ3) is 2.46. The highest BCUT2D eigenvalue weighted by molar-refractivity contribution is 5.87. The van der Waals surface area contributed by atoms with E-state index >= 15 is 0 Å². The van der Waals surface area contributed by atoms with E-state index in [1.807, 2.05) is 6.92 Å². The molecule has 98 valence electrons. The molecular weight excluding hydrogens is 232 g/mol. The molecular formula is C13H18N2O3. The Morgan fingerprint density at radius 2 is 2.44 bits per heavy atom. The van der Waals surface area contributed by atoms with Crippen molar-refractivity contribution in [1.29, 1.82) is 0 Å². The topological polar surface area (TPSA) is 62.7 Å². The number of carboxylic acids is 1. The highest BCUT2D eigenvalue weighted by Crippen LogP contribution is 2.23. The van der Waals surface area contributed by atoms with Crippen molar-refractivity contribution < 1.29 is 14.6 Å². The van der Waals surface area contributed by atoms with Gasteiger partial charge in [0.05, 0.1) is 24.8 Å². The molecule has 2 heterocycles. The second-order valence-corrected chi connectivity index (χ2v) is 4.50. The Morgan fingerprint density at radius 3 is 3.06 bits per heavy atom. The van der Waals surface area contributed by atoms with Crippen LogP contribution in [-0.4, -0.2) is 41.9 Å². The van der Waals surface area contributed by atoms with E-state index in [0.29, 0.717) is 19.3 Å². The SMILES string of the molecule is CCC1COCCN1c1ncc(C(=O)O)cc1C. The van der Waals surface area contributed by atoms with Gasteiger partial charge in [-0.25, -0.2) is 9.78 Å². The number of aromatic carboxylic acids is 1. The molecule has 18 heavy (non-hydrogen) atoms. The average molecular weight is 250 g/mol. The number of aryl methyl sites for hydroxylation is 1. The van der Waals surface area contributed by atoms with Gasteiger partial charge in [-0.15, -0.1) is 0 Å². The highest BCUT2D eigenvalue weighted by Gasteiger charge is 2.24. The smallest absolute Gasteiger partial charge is 0.337 e. The van der Waals surface area contributed by atoms with E-state index in [0.717, 1.165) is 24.3 Å². The van der Waals surface area contributed by atoms with Crippen LogP contribution >= 0.6 is 0 Å². The number of ether oxygens (including phenoxy) is 1. The lowest BCUT2D eigenvalue weighted by Gasteiger charge is -2.36. The molecule has 1 aliphatic heterocycles. The van der Waals surface area contributed by atoms with E-state index in [-0.39, 0.29) is 5.56 Å². The standard InChI is InChI=1S/C13H18N2O3/c1-3-11-8-18-5-4-15(11)12-9(2)6-10(7-14-12)13(16)17/h6-7,11H,3-5,8H2,1-2H3,(H,16,17). The van der Waals surface area contributed by atoms with Gasteiger partial charge in [-0.05, 0) is 25.0 Å². The van der Waals surface area contributed by atoms with Crippen LogP contribution in [0.5, 0.6) is 0 Å². The summed E-state index contributed by atoms with van der Waals surface area (Å²) in [6.07, 6.45) is 2.41. The molecule has 1 N–H and O–H groups in total. The van der Waals surface area contributed by atoms with Gasteiger partial charge in [0.25, 0.3) is 0 Å². The molecule has 0 saturated carbocycles. The zero-order valence-corrected chi connectivity index (χ0v) is 10.7. The monoisotopic (exact) mass is 250 g/mol. The lowest BCUT2D eigenvalue weighted by atomic mass is 10.1. The summed E-state index contributed by atoms with van der Waals surface area (Å²) < 4.78 is 5.46. The Morgan fingerprint density at radius 1 is 1.67 bits per heavy atom. The number of morpholine rings is 1. The number of aromatic nitrogens is 1. The van der Waals surface area contributed by atoms with Gasteiger partial charge in [0, 0.05) is 12.7 Å². The number of nitrogens with zero attached hydrogens (tertiary/aromatic N) is 2. The number of pyridine rings is 1. The largest absolute Gasteiger partial charge is 0.478 e. The first-order chi connectivity index (χ1) is 8.63. The molecule has 0 spiro atoms. The number of carboxylic acid groups (broad SMARTS) is 1. The van der Waals surface area contributed by atoms with Crippen molar-refractivity contribution in [3.05, 3.63) is 23.4 Å². The van der Waals surface area contributed by atoms with Gasteiger partial charge in [-0.1, -0.05) is 6.92 Å². The van der Waals surface area contributed by atoms with Crippen molar-refractivity contribution >= 4 is 11.8 Å². The number of hydrogen-bond acceptors (Lipinski definition) is 4. The molecule has 2 rings (SSSR count). The van der Waals surface area contributed by atoms with Crippen molar-refractivity contribution in [2.24, 2.45) is 0 Å². The Hall–Kier alpha value is -1.62. The summed E-state index contributed by atoms with van der Waals surface area (Å²) in [6, 6.07) is 1.99. The molecule has 1 aromatic rings. The van der Waals surface area contributed by atoms with Gasteiger partial charge in [-0.2, -0.15) is 0 Å². The highest BCUT2D eigenvalue weighted by atomic mass is 16.5. The molecule has 0 aliphatic carbocycles. The number of anilines is 1. The molecule has 0 bridgehead atoms. The van der Waals surface area contributed by atoms with Crippen LogP contribution in [-0.2, 0) is 4.74 Å². The summed E-state index contributed by atoms with van der Waals surface area (Å²) in [5.74, 6) is -0.0682. The van der Waals surface area contributed by atoms with Crippen LogP contribution in [0.1, 0.15) is 29.3 Å². The van der Waals surface area contributed by atoms with Crippen LogP contribution in [0.4, 0.5) is 5.82 Å². The Balaban J connectivity index is 2.29. The van der Waals surface area contributed by atoms with Gasteiger partial charge >= 0.3 is 5.97 Å². The summed E-state index contributed by atoms with van der Waals surface area (Å²) >= 11 is 0. The van der Waals surface area contributed by atoms with Gasteiger partial charge in [0.1, 0.15) is 5.82 Å². The number of hydrogen-bond donors (Lipinski definition) is 1. The molecule has 5 heteroatoms. The fourth-order valence-electron chi connectivity index (χ4n) is 2.26. The minimum atomic E-state index is -0.939. The molecule has 1 fully saturated rings. The number of carbonyl (C=O) groups is 1. The van der Waals surface area contributed by atoms with Crippen LogP contribution in [0.15, 0.2) is 12.3 Å². The summed E-state index contributed by atoms with van der Waals surface area (Å²) in [4.78, 5) is 17.4. The van der Waals surface area contributed by atoms with Crippen LogP contribution in [0.2, 0.25) is 0 Å². The zero-order chi connectivity index (χ0) is 13.1. The lowest BCUT2D eigenvalue weighted by Crippen LogP contribution is -2.46. The lowest BCUT2D eigenvalue weighted by molar-refractivity contribution is 0.0696. The summed E-state index contributed by atoms with van der Waals surface area (Å²) in [6.45, 7) is 6.22. The maximum absolute atomic E-state index is 10.9. The first-order valence-electron chi connectivity index (χ1n) is 6.17. The number of rotatable bonds is 3. The average Bonchev–Trinajstić information content (AvgIpc) is 2.38. The maximum atomic E-state index is 10.9. The summed E-state index contributed by atoms with van der Waals surface area (Å²) in [5.41, 5.74) is 1.13. The first kappa shape index (κ1) is 12.8. The van der Waals surface area contributed by atoms with E-state index in [2.05, 4.69) is 16.8 Å². The van der Waals surface area contributed by atoms with Gasteiger partial charge < -0.3 is 14.7 Å². The second-order valence-electron chi connectivity index (χ2n) is 4.50. The minimum Gasteiger partial charge on any atom is -0.478 e. The van der Waals surface area contributed by atoms with E-state index in [1.54, 1.807) is 6.07 Å². The molecule has 1 atom stereocenters. The molecule has 0 radical (unpaired) electrons. The van der Waals surface area contributed by atoms with E-state index in [4.69, 9.17) is 9.84 Å². The quantitative estimate of drug-likeness (QED) is 0.884. The normalized spacial score (nSPS) is 19.9. The van der Waals surface area contributed by atoms with Crippen LogP contribution in [0.3, 0.4) is 0 Å². The Kier molecular flexibility index (Phi) is 3.81. The predicted octanol–water partition coefficient (Wildman–Crippen LogP) is 1.70. The first-order valence-corrected chi connectivity index (χ1v) is 6.17. The molecule has 1 aromatic heterocycles. The van der Waals surface area contributed by atoms with Crippen LogP contribution < -0.4 is 4.90 Å².